The van der Waals surface area contributed by atoms with Crippen molar-refractivity contribution in [2.45, 2.75) is 55.6 Å². The Hall–Kier alpha value is -2.06. The van der Waals surface area contributed by atoms with Crippen LogP contribution in [0.5, 0.6) is 0 Å². The maximum absolute atomic E-state index is 13.7. The van der Waals surface area contributed by atoms with E-state index >= 15 is 0 Å². The minimum absolute atomic E-state index is 0.0591. The van der Waals surface area contributed by atoms with Crippen molar-refractivity contribution in [2.24, 2.45) is 11.8 Å². The van der Waals surface area contributed by atoms with E-state index in [-0.39, 0.29) is 29.1 Å². The molecule has 2 unspecified atom stereocenters. The highest BCUT2D eigenvalue weighted by atomic mass is 32.2. The molecule has 0 saturated carbocycles. The summed E-state index contributed by atoms with van der Waals surface area (Å²) in [6.45, 7) is 6.19. The van der Waals surface area contributed by atoms with Crippen LogP contribution in [0.4, 0.5) is 5.69 Å². The van der Waals surface area contributed by atoms with E-state index in [0.29, 0.717) is 13.0 Å². The zero-order valence-electron chi connectivity index (χ0n) is 18.5. The van der Waals surface area contributed by atoms with Gasteiger partial charge in [-0.25, -0.2) is 0 Å². The highest BCUT2D eigenvalue weighted by Gasteiger charge is 2.76. The van der Waals surface area contributed by atoms with Gasteiger partial charge >= 0.3 is 0 Å². The zero-order chi connectivity index (χ0) is 22.6. The number of nitrogens with one attached hydrogen (secondary N) is 2. The van der Waals surface area contributed by atoms with Gasteiger partial charge in [-0.15, -0.1) is 11.8 Å². The van der Waals surface area contributed by atoms with Crippen molar-refractivity contribution in [1.29, 1.82) is 0 Å². The average molecular weight is 446 g/mol. The molecular formula is C23H31N3O4S. The second-order valence-corrected chi connectivity index (χ2v) is 11.1. The monoisotopic (exact) mass is 445 g/mol. The molecule has 31 heavy (non-hydrogen) atoms. The molecule has 3 saturated heterocycles. The molecule has 3 N–H and O–H groups in total. The maximum atomic E-state index is 13.7. The van der Waals surface area contributed by atoms with E-state index in [0.717, 1.165) is 29.7 Å². The number of hydrogen-bond donors (Lipinski definition) is 3. The van der Waals surface area contributed by atoms with Gasteiger partial charge in [-0.3, -0.25) is 14.4 Å². The summed E-state index contributed by atoms with van der Waals surface area (Å²) in [6, 6.07) is 5.18. The molecule has 0 aromatic heterocycles. The molecule has 1 aromatic carbocycles. The summed E-state index contributed by atoms with van der Waals surface area (Å²) in [5, 5.41) is 15.2. The second kappa shape index (κ2) is 7.81. The first kappa shape index (κ1) is 22.1. The smallest absolute Gasteiger partial charge is 0.248 e. The minimum atomic E-state index is -0.669. The van der Waals surface area contributed by atoms with E-state index in [4.69, 9.17) is 0 Å². The van der Waals surface area contributed by atoms with Crippen LogP contribution in [0.25, 0.3) is 0 Å². The lowest BCUT2D eigenvalue weighted by molar-refractivity contribution is -0.140. The van der Waals surface area contributed by atoms with Crippen molar-refractivity contribution < 1.29 is 19.5 Å². The van der Waals surface area contributed by atoms with Gasteiger partial charge in [0, 0.05) is 30.6 Å². The molecule has 3 amide bonds. The summed E-state index contributed by atoms with van der Waals surface area (Å²) in [4.78, 5) is 41.8. The molecule has 8 heteroatoms. The van der Waals surface area contributed by atoms with Crippen molar-refractivity contribution in [3.05, 3.63) is 29.3 Å². The summed E-state index contributed by atoms with van der Waals surface area (Å²) in [5.41, 5.74) is 2.70. The van der Waals surface area contributed by atoms with E-state index in [1.807, 2.05) is 32.0 Å². The predicted molar refractivity (Wildman–Crippen MR) is 121 cm³/mol. The summed E-state index contributed by atoms with van der Waals surface area (Å²) in [5.74, 6) is -1.46. The van der Waals surface area contributed by atoms with Crippen LogP contribution in [0.3, 0.4) is 0 Å². The first-order valence-corrected chi connectivity index (χ1v) is 11.7. The molecule has 7 nitrogen and oxygen atoms in total. The van der Waals surface area contributed by atoms with Crippen LogP contribution in [0.15, 0.2) is 18.2 Å². The van der Waals surface area contributed by atoms with E-state index in [9.17, 15) is 19.5 Å². The lowest BCUT2D eigenvalue weighted by Crippen LogP contribution is -2.52. The molecule has 3 aliphatic rings. The number of amides is 3. The fourth-order valence-electron chi connectivity index (χ4n) is 5.97. The summed E-state index contributed by atoms with van der Waals surface area (Å²) >= 11 is 1.65. The second-order valence-electron chi connectivity index (χ2n) is 9.21. The fraction of sp³-hybridized carbons (Fsp3) is 0.609. The third-order valence-electron chi connectivity index (χ3n) is 7.34. The Kier molecular flexibility index (Phi) is 5.58. The highest BCUT2D eigenvalue weighted by Crippen LogP contribution is 2.71. The normalized spacial score (nSPS) is 33.5. The lowest BCUT2D eigenvalue weighted by Gasteiger charge is -2.34. The minimum Gasteiger partial charge on any atom is -0.396 e. The highest BCUT2D eigenvalue weighted by molar-refractivity contribution is 8.02. The van der Waals surface area contributed by atoms with Gasteiger partial charge in [0.05, 0.1) is 16.6 Å². The Morgan fingerprint density at radius 3 is 2.52 bits per heavy atom. The van der Waals surface area contributed by atoms with E-state index in [1.54, 1.807) is 23.7 Å². The molecule has 4 rings (SSSR count). The predicted octanol–water partition coefficient (Wildman–Crippen LogP) is 1.85. The van der Waals surface area contributed by atoms with Gasteiger partial charge in [-0.05, 0) is 51.2 Å². The summed E-state index contributed by atoms with van der Waals surface area (Å²) in [7, 11) is 1.60. The van der Waals surface area contributed by atoms with Gasteiger partial charge < -0.3 is 20.6 Å². The van der Waals surface area contributed by atoms with Gasteiger partial charge in [0.2, 0.25) is 17.7 Å². The molecule has 168 valence electrons. The van der Waals surface area contributed by atoms with Crippen molar-refractivity contribution in [3.63, 3.8) is 0 Å². The number of thioether (sulfide) groups is 1. The number of aliphatic hydroxyl groups excluding tert-OH is 1. The fourth-order valence-corrected chi connectivity index (χ4v) is 8.32. The number of nitrogens with zero attached hydrogens (tertiary/aromatic N) is 1. The first-order valence-electron chi connectivity index (χ1n) is 10.9. The van der Waals surface area contributed by atoms with Gasteiger partial charge in [-0.2, -0.15) is 0 Å². The van der Waals surface area contributed by atoms with Crippen molar-refractivity contribution in [3.8, 4) is 0 Å². The molecule has 1 aromatic rings. The van der Waals surface area contributed by atoms with Gasteiger partial charge in [0.25, 0.3) is 0 Å². The number of anilines is 1. The number of para-hydroxylation sites is 1. The molecule has 2 bridgehead atoms. The number of benzene rings is 1. The molecule has 5 atom stereocenters. The van der Waals surface area contributed by atoms with Crippen molar-refractivity contribution in [2.75, 3.05) is 25.5 Å². The summed E-state index contributed by atoms with van der Waals surface area (Å²) in [6.07, 6.45) is 1.91. The molecule has 3 fully saturated rings. The number of aliphatic hydroxyl groups is 1. The number of rotatable bonds is 6. The third kappa shape index (κ3) is 3.18. The number of carbonyl (C=O) groups is 3. The molecule has 3 aliphatic heterocycles. The Labute approximate surface area is 187 Å². The molecule has 0 radical (unpaired) electrons. The molecule has 1 spiro atoms. The van der Waals surface area contributed by atoms with Crippen LogP contribution in [-0.2, 0) is 14.4 Å². The standard InChI is InChI=1S/C23H31N3O4S/c1-13-7-5-8-14(2)17(13)25-20(29)18-23-10-9-22(3,31-23)15(19(28)24-4)16(23)21(30)26(18)11-6-12-27/h5,7-8,15-16,18,27H,6,9-12H2,1-4H3,(H,24,28)(H,25,29)/t15-,16+,18?,22+,23?/m1/s1. The number of aryl methyl sites for hydroxylation is 2. The largest absolute Gasteiger partial charge is 0.396 e. The van der Waals surface area contributed by atoms with Crippen LogP contribution in [0.2, 0.25) is 0 Å². The molecule has 3 heterocycles. The quantitative estimate of drug-likeness (QED) is 0.621. The van der Waals surface area contributed by atoms with Crippen LogP contribution >= 0.6 is 11.8 Å². The Balaban J connectivity index is 1.75. The van der Waals surface area contributed by atoms with Crippen LogP contribution < -0.4 is 10.6 Å². The third-order valence-corrected chi connectivity index (χ3v) is 9.33. The van der Waals surface area contributed by atoms with Crippen LogP contribution in [0, 0.1) is 25.7 Å². The van der Waals surface area contributed by atoms with Crippen LogP contribution in [0.1, 0.15) is 37.3 Å². The first-order chi connectivity index (χ1) is 14.7. The maximum Gasteiger partial charge on any atom is 0.248 e. The number of likely N-dealkylation sites (tertiary alicyclic amines) is 1. The molecular weight excluding hydrogens is 414 g/mol. The van der Waals surface area contributed by atoms with E-state index in [1.165, 1.54) is 0 Å². The lowest BCUT2D eigenvalue weighted by atomic mass is 9.66. The van der Waals surface area contributed by atoms with Gasteiger partial charge in [0.15, 0.2) is 0 Å². The average Bonchev–Trinajstić information content (AvgIpc) is 3.29. The van der Waals surface area contributed by atoms with E-state index in [2.05, 4.69) is 17.6 Å². The number of fused-ring (bicyclic) bond motifs is 1. The van der Waals surface area contributed by atoms with Crippen LogP contribution in [-0.4, -0.2) is 63.5 Å². The van der Waals surface area contributed by atoms with Gasteiger partial charge in [-0.1, -0.05) is 18.2 Å². The van der Waals surface area contributed by atoms with Crippen molar-refractivity contribution >= 4 is 35.2 Å². The number of carbonyl (C=O) groups excluding carboxylic acids is 3. The molecule has 0 aliphatic carbocycles. The zero-order valence-corrected chi connectivity index (χ0v) is 19.3. The SMILES string of the molecule is CNC(=O)[C@H]1[C@H]2C(=O)N(CCCO)C(C(=O)Nc3c(C)cccc3C)C23CC[C@]1(C)S3. The van der Waals surface area contributed by atoms with Crippen molar-refractivity contribution in [1.82, 2.24) is 10.2 Å². The summed E-state index contributed by atoms with van der Waals surface area (Å²) < 4.78 is -0.986. The number of hydrogen-bond acceptors (Lipinski definition) is 5. The Morgan fingerprint density at radius 2 is 1.90 bits per heavy atom. The Bertz CT molecular complexity index is 917. The van der Waals surface area contributed by atoms with E-state index < -0.39 is 22.6 Å². The topological polar surface area (TPSA) is 98.7 Å². The Morgan fingerprint density at radius 1 is 1.23 bits per heavy atom. The van der Waals surface area contributed by atoms with Gasteiger partial charge in [0.1, 0.15) is 6.04 Å².